The van der Waals surface area contributed by atoms with E-state index in [-0.39, 0.29) is 0 Å². The van der Waals surface area contributed by atoms with E-state index in [9.17, 15) is 0 Å². The van der Waals surface area contributed by atoms with Crippen LogP contribution in [0.1, 0.15) is 0 Å². The molecule has 6 aromatic heterocycles. The lowest BCUT2D eigenvalue weighted by Crippen LogP contribution is -1.83. The van der Waals surface area contributed by atoms with E-state index >= 15 is 0 Å². The van der Waals surface area contributed by atoms with Gasteiger partial charge in [0.2, 0.25) is 0 Å². The molecule has 0 amide bonds. The van der Waals surface area contributed by atoms with Crippen molar-refractivity contribution in [3.63, 3.8) is 0 Å². The lowest BCUT2D eigenvalue weighted by molar-refractivity contribution is 1.36. The molecule has 4 heteroatoms. The summed E-state index contributed by atoms with van der Waals surface area (Å²) < 4.78 is 10.5. The molecule has 6 heterocycles. The zero-order valence-electron chi connectivity index (χ0n) is 30.9. The van der Waals surface area contributed by atoms with Crippen molar-refractivity contribution in [3.8, 4) is 22.3 Å². The van der Waals surface area contributed by atoms with Crippen LogP contribution >= 0.6 is 22.7 Å². The maximum absolute atomic E-state index is 2.58. The van der Waals surface area contributed by atoms with Crippen molar-refractivity contribution >= 4 is 139 Å². The quantitative estimate of drug-likeness (QED) is 0.166. The molecule has 0 unspecified atom stereocenters. The molecule has 0 aliphatic rings. The second-order valence-corrected chi connectivity index (χ2v) is 18.2. The highest BCUT2D eigenvalue weighted by atomic mass is 32.1. The Morgan fingerprint density at radius 2 is 0.672 bits per heavy atom. The molecule has 15 rings (SSSR count). The van der Waals surface area contributed by atoms with E-state index < -0.39 is 0 Å². The molecular formula is C54H28N2S2. The van der Waals surface area contributed by atoms with Gasteiger partial charge < -0.3 is 8.80 Å². The first-order chi connectivity index (χ1) is 28.8. The second-order valence-electron chi connectivity index (χ2n) is 16.0. The van der Waals surface area contributed by atoms with E-state index in [2.05, 4.69) is 179 Å². The fraction of sp³-hybridized carbons (Fsp3) is 0. The lowest BCUT2D eigenvalue weighted by atomic mass is 9.96. The standard InChI is InChI=1S/C54H28N2S2/c1-3-11-29(12-4-1)31-23-37-35-27-44-36(28-43(35)55-41-19-21-47-51(49(41)39(25-31)53(37)55)33-15-7-9-17-45(33)57-47)38-24-32(30-13-5-2-6-14-30)26-40-50-42(56(44)54(38)40)20-22-48-52(50)34-16-8-10-18-46(34)58-48/h1-28H. The Labute approximate surface area is 338 Å². The highest BCUT2D eigenvalue weighted by Crippen LogP contribution is 2.51. The molecule has 9 aromatic carbocycles. The van der Waals surface area contributed by atoms with Crippen molar-refractivity contribution in [2.24, 2.45) is 0 Å². The van der Waals surface area contributed by atoms with E-state index in [4.69, 9.17) is 0 Å². The Morgan fingerprint density at radius 3 is 1.14 bits per heavy atom. The fourth-order valence-corrected chi connectivity index (χ4v) is 13.0. The molecule has 0 saturated heterocycles. The Hall–Kier alpha value is -6.98. The van der Waals surface area contributed by atoms with Gasteiger partial charge in [-0.3, -0.25) is 0 Å². The number of thiophene rings is 2. The SMILES string of the molecule is c1ccc(-c2cc3c4cc5c(cc4n4c6ccc7sc8ccccc8c7c6c(c2)c34)c2cc(-c3ccccc3)cc3c4c6c(ccc4n5c23)sc2ccccc26)cc1. The van der Waals surface area contributed by atoms with Crippen molar-refractivity contribution in [3.05, 3.63) is 170 Å². The summed E-state index contributed by atoms with van der Waals surface area (Å²) in [5, 5.41) is 16.0. The molecule has 15 aromatic rings. The third-order valence-corrected chi connectivity index (χ3v) is 15.4. The van der Waals surface area contributed by atoms with Gasteiger partial charge in [-0.05, 0) is 95.1 Å². The van der Waals surface area contributed by atoms with Crippen LogP contribution in [0, 0.1) is 0 Å². The van der Waals surface area contributed by atoms with E-state index in [1.165, 1.54) is 139 Å². The van der Waals surface area contributed by atoms with Crippen LogP contribution in [0.25, 0.3) is 139 Å². The van der Waals surface area contributed by atoms with Gasteiger partial charge >= 0.3 is 0 Å². The maximum Gasteiger partial charge on any atom is 0.0621 e. The van der Waals surface area contributed by atoms with Crippen LogP contribution < -0.4 is 0 Å². The van der Waals surface area contributed by atoms with E-state index in [0.717, 1.165) is 0 Å². The minimum absolute atomic E-state index is 1.24. The van der Waals surface area contributed by atoms with E-state index in [1.807, 2.05) is 22.7 Å². The first-order valence-electron chi connectivity index (χ1n) is 19.9. The summed E-state index contributed by atoms with van der Waals surface area (Å²) in [5.41, 5.74) is 12.7. The normalized spacial score (nSPS) is 12.8. The number of rotatable bonds is 2. The summed E-state index contributed by atoms with van der Waals surface area (Å²) in [4.78, 5) is 0. The molecule has 0 atom stereocenters. The van der Waals surface area contributed by atoms with Gasteiger partial charge in [-0.1, -0.05) is 97.1 Å². The molecular weight excluding hydrogens is 741 g/mol. The zero-order chi connectivity index (χ0) is 37.4. The zero-order valence-corrected chi connectivity index (χ0v) is 32.5. The predicted octanol–water partition coefficient (Wildman–Crippen LogP) is 16.1. The Kier molecular flexibility index (Phi) is 5.46. The molecule has 0 radical (unpaired) electrons. The molecule has 0 aliphatic carbocycles. The number of fused-ring (bicyclic) bond motifs is 20. The molecule has 0 spiro atoms. The highest BCUT2D eigenvalue weighted by Gasteiger charge is 2.26. The number of benzene rings is 9. The monoisotopic (exact) mass is 768 g/mol. The van der Waals surface area contributed by atoms with Crippen molar-refractivity contribution in [1.29, 1.82) is 0 Å². The summed E-state index contributed by atoms with van der Waals surface area (Å²) in [6.07, 6.45) is 0. The number of aromatic nitrogens is 2. The summed E-state index contributed by atoms with van der Waals surface area (Å²) in [7, 11) is 0. The number of nitrogens with zero attached hydrogens (tertiary/aromatic N) is 2. The fourth-order valence-electron chi connectivity index (χ4n) is 10.8. The topological polar surface area (TPSA) is 8.82 Å². The van der Waals surface area contributed by atoms with Crippen LogP contribution in [-0.2, 0) is 0 Å². The largest absolute Gasteiger partial charge is 0.308 e. The van der Waals surface area contributed by atoms with Crippen LogP contribution in [0.5, 0.6) is 0 Å². The first kappa shape index (κ1) is 30.2. The van der Waals surface area contributed by atoms with Crippen molar-refractivity contribution in [2.75, 3.05) is 0 Å². The summed E-state index contributed by atoms with van der Waals surface area (Å²) in [6, 6.07) is 64.0. The second kappa shape index (κ2) is 10.5. The Bertz CT molecular complexity index is 3960. The van der Waals surface area contributed by atoms with Gasteiger partial charge in [-0.2, -0.15) is 0 Å². The summed E-state index contributed by atoms with van der Waals surface area (Å²) >= 11 is 3.80. The summed E-state index contributed by atoms with van der Waals surface area (Å²) in [5.74, 6) is 0. The average molecular weight is 769 g/mol. The van der Waals surface area contributed by atoms with Crippen LogP contribution in [0.4, 0.5) is 0 Å². The molecule has 2 nitrogen and oxygen atoms in total. The van der Waals surface area contributed by atoms with Crippen LogP contribution in [0.2, 0.25) is 0 Å². The van der Waals surface area contributed by atoms with Gasteiger partial charge in [-0.15, -0.1) is 22.7 Å². The highest BCUT2D eigenvalue weighted by molar-refractivity contribution is 7.26. The average Bonchev–Trinajstić information content (AvgIpc) is 4.12. The van der Waals surface area contributed by atoms with Crippen LogP contribution in [0.15, 0.2) is 170 Å². The molecule has 0 fully saturated rings. The van der Waals surface area contributed by atoms with Gasteiger partial charge in [0.15, 0.2) is 0 Å². The Morgan fingerprint density at radius 1 is 0.259 bits per heavy atom. The van der Waals surface area contributed by atoms with Gasteiger partial charge in [0.1, 0.15) is 0 Å². The van der Waals surface area contributed by atoms with Crippen molar-refractivity contribution < 1.29 is 0 Å². The van der Waals surface area contributed by atoms with Gasteiger partial charge in [0.05, 0.1) is 33.1 Å². The first-order valence-corrected chi connectivity index (χ1v) is 21.6. The van der Waals surface area contributed by atoms with E-state index in [0.29, 0.717) is 0 Å². The third-order valence-electron chi connectivity index (χ3n) is 13.1. The minimum Gasteiger partial charge on any atom is -0.308 e. The Balaban J connectivity index is 1.17. The van der Waals surface area contributed by atoms with Gasteiger partial charge in [-0.25, -0.2) is 0 Å². The van der Waals surface area contributed by atoms with Crippen molar-refractivity contribution in [1.82, 2.24) is 8.80 Å². The van der Waals surface area contributed by atoms with Crippen LogP contribution in [-0.4, -0.2) is 8.80 Å². The third kappa shape index (κ3) is 3.61. The maximum atomic E-state index is 2.58. The lowest BCUT2D eigenvalue weighted by Gasteiger charge is -2.06. The van der Waals surface area contributed by atoms with Gasteiger partial charge in [0.25, 0.3) is 0 Å². The van der Waals surface area contributed by atoms with Crippen molar-refractivity contribution in [2.45, 2.75) is 0 Å². The molecule has 0 aliphatic heterocycles. The predicted molar refractivity (Wildman–Crippen MR) is 252 cm³/mol. The summed E-state index contributed by atoms with van der Waals surface area (Å²) in [6.45, 7) is 0. The molecule has 0 bridgehead atoms. The minimum atomic E-state index is 1.24. The van der Waals surface area contributed by atoms with Crippen LogP contribution in [0.3, 0.4) is 0 Å². The molecule has 0 saturated carbocycles. The molecule has 0 N–H and O–H groups in total. The number of hydrogen-bond acceptors (Lipinski definition) is 2. The molecule has 266 valence electrons. The smallest absolute Gasteiger partial charge is 0.0621 e. The van der Waals surface area contributed by atoms with E-state index in [1.54, 1.807) is 0 Å². The van der Waals surface area contributed by atoms with Gasteiger partial charge in [0, 0.05) is 83.4 Å². The molecule has 58 heavy (non-hydrogen) atoms. The number of hydrogen-bond donors (Lipinski definition) is 0.